The number of rotatable bonds is 5. The zero-order valence-electron chi connectivity index (χ0n) is 15.4. The molecule has 0 spiro atoms. The molecule has 0 amide bonds. The fourth-order valence-corrected chi connectivity index (χ4v) is 2.22. The van der Waals surface area contributed by atoms with Crippen LogP contribution in [-0.2, 0) is 69.5 Å². The summed E-state index contributed by atoms with van der Waals surface area (Å²) in [4.78, 5) is 41.5. The molecule has 0 aliphatic heterocycles. The van der Waals surface area contributed by atoms with E-state index < -0.39 is 34.3 Å². The first-order chi connectivity index (χ1) is 10.2. The van der Waals surface area contributed by atoms with Gasteiger partial charge in [-0.3, -0.25) is 9.13 Å². The molecule has 0 heterocycles. The van der Waals surface area contributed by atoms with Gasteiger partial charge in [-0.2, -0.15) is 0 Å². The summed E-state index contributed by atoms with van der Waals surface area (Å²) < 4.78 is 34.6. The van der Waals surface area contributed by atoms with E-state index in [-0.39, 0.29) is 38.3 Å². The van der Waals surface area contributed by atoms with Gasteiger partial charge in [0.05, 0.1) is 11.3 Å². The molecule has 0 bridgehead atoms. The molecular weight excluding hydrogens is 661 g/mol. The van der Waals surface area contributed by atoms with E-state index >= 15 is 0 Å². The minimum Gasteiger partial charge on any atom is 0 e. The monoisotopic (exact) mass is 691 g/mol. The van der Waals surface area contributed by atoms with Gasteiger partial charge in [-0.15, -0.1) is 0 Å². The third kappa shape index (κ3) is 26.7. The smallest absolute Gasteiger partial charge is 0 e. The van der Waals surface area contributed by atoms with Crippen LogP contribution < -0.4 is 0 Å². The first-order valence-electron chi connectivity index (χ1n) is 6.89. The Morgan fingerprint density at radius 3 is 1.12 bits per heavy atom. The molecule has 0 aliphatic rings. The average molecular weight is 691 g/mol. The van der Waals surface area contributed by atoms with Gasteiger partial charge in [-0.25, -0.2) is 8.88 Å². The quantitative estimate of drug-likeness (QED) is 0.273. The van der Waals surface area contributed by atoms with Crippen molar-refractivity contribution in [1.29, 1.82) is 0 Å². The molecule has 25 heavy (non-hydrogen) atoms. The Kier molecular flexibility index (Phi) is 21.8. The molecule has 0 saturated heterocycles. The summed E-state index contributed by atoms with van der Waals surface area (Å²) in [6.07, 6.45) is 0. The van der Waals surface area contributed by atoms with Gasteiger partial charge < -0.3 is 24.5 Å². The van der Waals surface area contributed by atoms with Gasteiger partial charge in [-0.05, 0) is 0 Å². The standard InChI is InChI=1S/C4H11P.C3H10O6P2.C3H9O3P.W.Y/c1-4(2)5-3;1-3(2)10(4,5)9-11(6,7)8;1-3(2)7(4,5)6;;/h4-5H,1-3H3;3H,1-2H3,(H,4,5)(H2,6,7,8);3H,1-2H3,(H2,4,5,6);;. The largest absolute Gasteiger partial charge is 0 e. The van der Waals surface area contributed by atoms with Crippen LogP contribution in [0.4, 0.5) is 0 Å². The molecule has 0 aliphatic carbocycles. The molecular formula is C10H30O9P4WY. The zero-order chi connectivity index (χ0) is 20.5. The molecule has 2 atom stereocenters. The Bertz CT molecular complexity index is 515. The van der Waals surface area contributed by atoms with E-state index in [0.717, 1.165) is 5.66 Å². The van der Waals surface area contributed by atoms with Crippen LogP contribution in [0.2, 0.25) is 0 Å². The summed E-state index contributed by atoms with van der Waals surface area (Å²) in [7, 11) is -12.7. The normalized spacial score (nSPS) is 15.3. The van der Waals surface area contributed by atoms with Gasteiger partial charge in [-0.1, -0.05) is 27.7 Å². The second-order valence-electron chi connectivity index (χ2n) is 5.68. The molecule has 153 valence electrons. The zero-order valence-corrected chi connectivity index (χ0v) is 24.9. The van der Waals surface area contributed by atoms with E-state index in [4.69, 9.17) is 24.5 Å². The molecule has 0 rings (SSSR count). The minimum atomic E-state index is -4.85. The van der Waals surface area contributed by atoms with E-state index in [0.29, 0.717) is 0 Å². The summed E-state index contributed by atoms with van der Waals surface area (Å²) in [5.41, 5.74) is -0.236. The van der Waals surface area contributed by atoms with Gasteiger partial charge in [0.2, 0.25) is 0 Å². The number of phosphoric acid groups is 1. The van der Waals surface area contributed by atoms with Crippen LogP contribution in [0, 0.1) is 0 Å². The maximum absolute atomic E-state index is 10.8. The Morgan fingerprint density at radius 2 is 1.08 bits per heavy atom. The molecule has 9 nitrogen and oxygen atoms in total. The molecule has 0 aromatic carbocycles. The summed E-state index contributed by atoms with van der Waals surface area (Å²) in [6, 6.07) is 0. The van der Waals surface area contributed by atoms with Gasteiger partial charge in [0, 0.05) is 32.7 Å². The van der Waals surface area contributed by atoms with E-state index in [1.54, 1.807) is 0 Å². The Morgan fingerprint density at radius 1 is 0.840 bits per heavy atom. The van der Waals surface area contributed by atoms with Crippen LogP contribution in [0.25, 0.3) is 0 Å². The third-order valence-corrected chi connectivity index (χ3v) is 13.5. The van der Waals surface area contributed by atoms with Gasteiger partial charge in [0.15, 0.2) is 0 Å². The summed E-state index contributed by atoms with van der Waals surface area (Å²) in [6.45, 7) is 12.6. The molecule has 0 aromatic rings. The van der Waals surface area contributed by atoms with Crippen molar-refractivity contribution in [3.8, 4) is 0 Å². The maximum atomic E-state index is 10.8. The van der Waals surface area contributed by atoms with Crippen molar-refractivity contribution in [2.45, 2.75) is 58.5 Å². The predicted molar refractivity (Wildman–Crippen MR) is 94.6 cm³/mol. The minimum absolute atomic E-state index is 0. The topological polar surface area (TPSA) is 162 Å². The third-order valence-electron chi connectivity index (χ3n) is 2.36. The summed E-state index contributed by atoms with van der Waals surface area (Å²) >= 11 is 1.81. The fourth-order valence-electron chi connectivity index (χ4n) is 0.247. The molecule has 2 unspecified atom stereocenters. The molecule has 15 heteroatoms. The van der Waals surface area contributed by atoms with Crippen LogP contribution in [-0.4, -0.2) is 48.1 Å². The van der Waals surface area contributed by atoms with E-state index in [9.17, 15) is 13.7 Å². The van der Waals surface area contributed by atoms with Crippen molar-refractivity contribution in [2.75, 3.05) is 6.66 Å². The number of hydrogen-bond donors (Lipinski definition) is 5. The van der Waals surface area contributed by atoms with Crippen molar-refractivity contribution < 1.29 is 94.0 Å². The molecule has 0 aromatic heterocycles. The van der Waals surface area contributed by atoms with Gasteiger partial charge >= 0.3 is 73.5 Å². The van der Waals surface area contributed by atoms with Crippen LogP contribution in [0.5, 0.6) is 0 Å². The summed E-state index contributed by atoms with van der Waals surface area (Å²) in [5, 5.41) is 0. The maximum Gasteiger partial charge on any atom is 0 e. The molecule has 0 fully saturated rings. The van der Waals surface area contributed by atoms with Crippen LogP contribution in [0.15, 0.2) is 0 Å². The van der Waals surface area contributed by atoms with Crippen molar-refractivity contribution in [1.82, 2.24) is 0 Å². The fraction of sp³-hybridized carbons (Fsp3) is 1.00. The van der Waals surface area contributed by atoms with E-state index in [1.807, 2.05) is 18.8 Å². The second-order valence-corrected chi connectivity index (χ2v) is 21.0. The van der Waals surface area contributed by atoms with Crippen molar-refractivity contribution in [3.05, 3.63) is 0 Å². The van der Waals surface area contributed by atoms with E-state index in [2.05, 4.69) is 24.8 Å². The Hall–Kier alpha value is 2.67. The van der Waals surface area contributed by atoms with E-state index in [1.165, 1.54) is 27.7 Å². The van der Waals surface area contributed by atoms with Crippen molar-refractivity contribution in [2.24, 2.45) is 0 Å². The second kappa shape index (κ2) is 15.5. The van der Waals surface area contributed by atoms with Gasteiger partial charge in [0.1, 0.15) is 0 Å². The SMILES string of the molecule is CC(C)P(=O)(O)O.CC(C)P(=O)(O)OP(=O)(O)O.CC(C)[PH](C)=[W].[Y]. The average Bonchev–Trinajstić information content (AvgIpc) is 2.25. The molecule has 0 saturated carbocycles. The summed E-state index contributed by atoms with van der Waals surface area (Å²) in [5.74, 6) is 0. The molecule has 1 radical (unpaired) electrons. The number of hydrogen-bond acceptors (Lipinski definition) is 4. The van der Waals surface area contributed by atoms with Crippen LogP contribution >= 0.6 is 28.6 Å². The first-order valence-corrected chi connectivity index (χ1v) is 18.1. The predicted octanol–water partition coefficient (Wildman–Crippen LogP) is 2.96. The Balaban J connectivity index is -0.000000138. The van der Waals surface area contributed by atoms with Crippen LogP contribution in [0.1, 0.15) is 41.5 Å². The Labute approximate surface area is 186 Å². The first kappa shape index (κ1) is 35.1. The van der Waals surface area contributed by atoms with Crippen LogP contribution in [0.3, 0.4) is 0 Å². The van der Waals surface area contributed by atoms with Gasteiger partial charge in [0.25, 0.3) is 0 Å². The molecule has 5 N–H and O–H groups in total. The van der Waals surface area contributed by atoms with Crippen molar-refractivity contribution >= 4 is 28.6 Å². The van der Waals surface area contributed by atoms with Crippen molar-refractivity contribution in [3.63, 3.8) is 0 Å².